The summed E-state index contributed by atoms with van der Waals surface area (Å²) in [7, 11) is 0. The molecule has 1 atom stereocenters. The quantitative estimate of drug-likeness (QED) is 0.777. The highest BCUT2D eigenvalue weighted by atomic mass is 32.1. The Labute approximate surface area is 142 Å². The first-order valence-electron chi connectivity index (χ1n) is 8.30. The minimum atomic E-state index is -0.0984. The molecule has 0 spiro atoms. The van der Waals surface area contributed by atoms with Gasteiger partial charge < -0.3 is 15.0 Å². The fourth-order valence-electron chi connectivity index (χ4n) is 2.68. The zero-order valence-corrected chi connectivity index (χ0v) is 14.7. The molecular weight excluding hydrogens is 312 g/mol. The zero-order chi connectivity index (χ0) is 16.7. The largest absolute Gasteiger partial charge is 0.379 e. The van der Waals surface area contributed by atoms with Crippen LogP contribution in [0, 0.1) is 5.92 Å². The molecule has 1 saturated heterocycles. The van der Waals surface area contributed by atoms with Crippen LogP contribution in [0.15, 0.2) is 17.5 Å². The Morgan fingerprint density at radius 2 is 2.30 bits per heavy atom. The smallest absolute Gasteiger partial charge is 0.263 e. The Kier molecular flexibility index (Phi) is 7.05. The molecule has 6 heteroatoms. The van der Waals surface area contributed by atoms with Gasteiger partial charge in [0.2, 0.25) is 5.91 Å². The van der Waals surface area contributed by atoms with E-state index in [1.54, 1.807) is 4.90 Å². The lowest BCUT2D eigenvalue weighted by atomic mass is 9.97. The summed E-state index contributed by atoms with van der Waals surface area (Å²) >= 11 is 1.45. The molecule has 1 fully saturated rings. The second kappa shape index (κ2) is 9.03. The van der Waals surface area contributed by atoms with Crippen molar-refractivity contribution in [3.63, 3.8) is 0 Å². The second-order valence-corrected chi connectivity index (χ2v) is 7.08. The van der Waals surface area contributed by atoms with Gasteiger partial charge in [-0.15, -0.1) is 11.3 Å². The van der Waals surface area contributed by atoms with Crippen LogP contribution in [0.5, 0.6) is 0 Å². The highest BCUT2D eigenvalue weighted by molar-refractivity contribution is 7.12. The normalized spacial score (nSPS) is 18.2. The Morgan fingerprint density at radius 3 is 3.00 bits per heavy atom. The number of carbonyl (C=O) groups is 2. The van der Waals surface area contributed by atoms with Crippen molar-refractivity contribution in [3.8, 4) is 0 Å². The predicted molar refractivity (Wildman–Crippen MR) is 91.7 cm³/mol. The van der Waals surface area contributed by atoms with Crippen molar-refractivity contribution in [1.82, 2.24) is 10.2 Å². The Morgan fingerprint density at radius 1 is 1.48 bits per heavy atom. The standard InChI is InChI=1S/C17H26N2O3S/c1-13(2)22-10-5-8-18-16(20)14-6-3-9-19(12-14)17(21)15-7-4-11-23-15/h4,7,11,13-14H,3,5-6,8-10,12H2,1-2H3,(H,18,20). The van der Waals surface area contributed by atoms with Gasteiger partial charge in [-0.05, 0) is 44.6 Å². The van der Waals surface area contributed by atoms with Crippen molar-refractivity contribution >= 4 is 23.2 Å². The minimum absolute atomic E-state index is 0.0443. The topological polar surface area (TPSA) is 58.6 Å². The van der Waals surface area contributed by atoms with E-state index in [1.165, 1.54) is 11.3 Å². The van der Waals surface area contributed by atoms with Gasteiger partial charge in [0.1, 0.15) is 0 Å². The summed E-state index contributed by atoms with van der Waals surface area (Å²) in [5.74, 6) is -0.000241. The van der Waals surface area contributed by atoms with Gasteiger partial charge in [0.25, 0.3) is 5.91 Å². The van der Waals surface area contributed by atoms with Crippen LogP contribution in [0.25, 0.3) is 0 Å². The van der Waals surface area contributed by atoms with Gasteiger partial charge >= 0.3 is 0 Å². The van der Waals surface area contributed by atoms with E-state index in [-0.39, 0.29) is 23.8 Å². The molecule has 0 aliphatic carbocycles. The lowest BCUT2D eigenvalue weighted by Crippen LogP contribution is -2.45. The number of carbonyl (C=O) groups excluding carboxylic acids is 2. The highest BCUT2D eigenvalue weighted by Gasteiger charge is 2.28. The molecule has 1 N–H and O–H groups in total. The average Bonchev–Trinajstić information content (AvgIpc) is 3.08. The first-order valence-corrected chi connectivity index (χ1v) is 9.18. The first-order chi connectivity index (χ1) is 11.1. The van der Waals surface area contributed by atoms with Crippen LogP contribution in [0.2, 0.25) is 0 Å². The summed E-state index contributed by atoms with van der Waals surface area (Å²) in [5.41, 5.74) is 0. The molecule has 1 aromatic heterocycles. The maximum absolute atomic E-state index is 12.4. The van der Waals surface area contributed by atoms with Crippen molar-refractivity contribution in [2.24, 2.45) is 5.92 Å². The number of ether oxygens (including phenoxy) is 1. The summed E-state index contributed by atoms with van der Waals surface area (Å²) in [5, 5.41) is 4.87. The molecule has 1 aliphatic rings. The third-order valence-electron chi connectivity index (χ3n) is 3.88. The van der Waals surface area contributed by atoms with Crippen LogP contribution in [-0.2, 0) is 9.53 Å². The molecule has 2 amide bonds. The minimum Gasteiger partial charge on any atom is -0.379 e. The summed E-state index contributed by atoms with van der Waals surface area (Å²) in [6, 6.07) is 3.72. The third-order valence-corrected chi connectivity index (χ3v) is 4.74. The third kappa shape index (κ3) is 5.62. The Balaban J connectivity index is 1.74. The zero-order valence-electron chi connectivity index (χ0n) is 13.9. The van der Waals surface area contributed by atoms with E-state index >= 15 is 0 Å². The van der Waals surface area contributed by atoms with Crippen LogP contribution in [0.1, 0.15) is 42.8 Å². The van der Waals surface area contributed by atoms with Gasteiger partial charge in [-0.3, -0.25) is 9.59 Å². The number of piperidine rings is 1. The molecule has 0 bridgehead atoms. The predicted octanol–water partition coefficient (Wildman–Crippen LogP) is 2.53. The van der Waals surface area contributed by atoms with E-state index in [0.29, 0.717) is 19.7 Å². The number of thiophene rings is 1. The number of hydrogen-bond acceptors (Lipinski definition) is 4. The number of nitrogens with one attached hydrogen (secondary N) is 1. The molecule has 0 saturated carbocycles. The molecule has 0 aromatic carbocycles. The second-order valence-electron chi connectivity index (χ2n) is 6.13. The molecule has 1 unspecified atom stereocenters. The average molecular weight is 338 g/mol. The highest BCUT2D eigenvalue weighted by Crippen LogP contribution is 2.20. The Hall–Kier alpha value is -1.40. The van der Waals surface area contributed by atoms with Gasteiger partial charge in [-0.2, -0.15) is 0 Å². The Bertz CT molecular complexity index is 502. The van der Waals surface area contributed by atoms with E-state index in [0.717, 1.165) is 30.7 Å². The monoisotopic (exact) mass is 338 g/mol. The lowest BCUT2D eigenvalue weighted by molar-refractivity contribution is -0.126. The van der Waals surface area contributed by atoms with Crippen molar-refractivity contribution in [1.29, 1.82) is 0 Å². The molecule has 5 nitrogen and oxygen atoms in total. The van der Waals surface area contributed by atoms with Gasteiger partial charge in [0.05, 0.1) is 16.9 Å². The number of amides is 2. The van der Waals surface area contributed by atoms with Gasteiger partial charge in [0.15, 0.2) is 0 Å². The molecule has 0 radical (unpaired) electrons. The van der Waals surface area contributed by atoms with Crippen molar-refractivity contribution in [2.45, 2.75) is 39.2 Å². The van der Waals surface area contributed by atoms with Gasteiger partial charge in [0, 0.05) is 26.2 Å². The molecule has 2 heterocycles. The lowest BCUT2D eigenvalue weighted by Gasteiger charge is -2.31. The van der Waals surface area contributed by atoms with Gasteiger partial charge in [-0.1, -0.05) is 6.07 Å². The summed E-state index contributed by atoms with van der Waals surface area (Å²) in [4.78, 5) is 27.2. The van der Waals surface area contributed by atoms with Crippen LogP contribution in [-0.4, -0.2) is 49.1 Å². The maximum Gasteiger partial charge on any atom is 0.263 e. The van der Waals surface area contributed by atoms with E-state index in [9.17, 15) is 9.59 Å². The number of hydrogen-bond donors (Lipinski definition) is 1. The van der Waals surface area contributed by atoms with Crippen molar-refractivity contribution < 1.29 is 14.3 Å². The number of rotatable bonds is 7. The summed E-state index contributed by atoms with van der Waals surface area (Å²) in [6.07, 6.45) is 2.77. The molecule has 1 aliphatic heterocycles. The molecule has 23 heavy (non-hydrogen) atoms. The van der Waals surface area contributed by atoms with E-state index < -0.39 is 0 Å². The maximum atomic E-state index is 12.4. The van der Waals surface area contributed by atoms with Crippen LogP contribution >= 0.6 is 11.3 Å². The fourth-order valence-corrected chi connectivity index (χ4v) is 3.37. The summed E-state index contributed by atoms with van der Waals surface area (Å²) in [6.45, 7) is 6.54. The van der Waals surface area contributed by atoms with E-state index in [4.69, 9.17) is 4.74 Å². The SMILES string of the molecule is CC(C)OCCCNC(=O)C1CCCN(C(=O)c2cccs2)C1. The fraction of sp³-hybridized carbons (Fsp3) is 0.647. The van der Waals surface area contributed by atoms with Crippen LogP contribution in [0.4, 0.5) is 0 Å². The van der Waals surface area contributed by atoms with Gasteiger partial charge in [-0.25, -0.2) is 0 Å². The van der Waals surface area contributed by atoms with Crippen LogP contribution in [0.3, 0.4) is 0 Å². The molecule has 1 aromatic rings. The van der Waals surface area contributed by atoms with Crippen LogP contribution < -0.4 is 5.32 Å². The van der Waals surface area contributed by atoms with Crippen molar-refractivity contribution in [2.75, 3.05) is 26.2 Å². The molecule has 128 valence electrons. The molecular formula is C17H26N2O3S. The molecule has 2 rings (SSSR count). The summed E-state index contributed by atoms with van der Waals surface area (Å²) < 4.78 is 5.46. The van der Waals surface area contributed by atoms with E-state index in [2.05, 4.69) is 5.32 Å². The van der Waals surface area contributed by atoms with E-state index in [1.807, 2.05) is 31.4 Å². The first kappa shape index (κ1) is 17.9. The number of likely N-dealkylation sites (tertiary alicyclic amines) is 1. The van der Waals surface area contributed by atoms with Crippen molar-refractivity contribution in [3.05, 3.63) is 22.4 Å². The number of nitrogens with zero attached hydrogens (tertiary/aromatic N) is 1.